The van der Waals surface area contributed by atoms with Crippen LogP contribution in [0.2, 0.25) is 34.7 Å². The van der Waals surface area contributed by atoms with E-state index in [2.05, 4.69) is 104 Å². The Hall–Kier alpha value is 0.754. The molecule has 1 heterocycles. The molecule has 0 aromatic carbocycles. The fraction of sp³-hybridized carbons (Fsp3) is 1.00. The van der Waals surface area contributed by atoms with Crippen molar-refractivity contribution in [2.45, 2.75) is 216 Å². The molecule has 46 heavy (non-hydrogen) atoms. The van der Waals surface area contributed by atoms with Gasteiger partial charge in [-0.05, 0) is 45.1 Å². The third-order valence-corrected chi connectivity index (χ3v) is 27.3. The van der Waals surface area contributed by atoms with Gasteiger partial charge in [-0.1, -0.05) is 69.2 Å². The zero-order chi connectivity index (χ0) is 36.4. The predicted octanol–water partition coefficient (Wildman–Crippen LogP) is 11.8. The minimum atomic E-state index is -1.75. The van der Waals surface area contributed by atoms with Crippen LogP contribution in [0, 0.1) is 0 Å². The van der Waals surface area contributed by atoms with Crippen LogP contribution in [0.3, 0.4) is 0 Å². The van der Waals surface area contributed by atoms with Gasteiger partial charge in [0.1, 0.15) is 0 Å². The van der Waals surface area contributed by atoms with Gasteiger partial charge in [0, 0.05) is 14.2 Å². The van der Waals surface area contributed by atoms with Gasteiger partial charge in [0.15, 0.2) is 0 Å². The Kier molecular flexibility index (Phi) is 38.7. The second-order valence-corrected chi connectivity index (χ2v) is 30.5. The van der Waals surface area contributed by atoms with Crippen molar-refractivity contribution in [3.05, 3.63) is 0 Å². The van der Waals surface area contributed by atoms with Gasteiger partial charge in [0.05, 0.1) is 11.2 Å². The Morgan fingerprint density at radius 1 is 0.652 bits per heavy atom. The molecular formula is C36H87B3O6Sn. The van der Waals surface area contributed by atoms with E-state index in [-0.39, 0.29) is 38.7 Å². The summed E-state index contributed by atoms with van der Waals surface area (Å²) in [5.41, 5.74) is -0.357. The summed E-state index contributed by atoms with van der Waals surface area (Å²) < 4.78 is 27.6. The summed E-state index contributed by atoms with van der Waals surface area (Å²) in [5, 5.41) is 16.4. The maximum Gasteiger partial charge on any atom is 0.459 e. The molecule has 1 aliphatic rings. The van der Waals surface area contributed by atoms with Gasteiger partial charge in [-0.15, -0.1) is 0 Å². The first-order valence-electron chi connectivity index (χ1n) is 18.4. The maximum atomic E-state index is 8.19. The first kappa shape index (κ1) is 56.1. The van der Waals surface area contributed by atoms with E-state index in [1.54, 1.807) is 41.4 Å². The number of hydrogen-bond acceptors (Lipinski definition) is 6. The summed E-state index contributed by atoms with van der Waals surface area (Å²) in [4.78, 5) is 0. The van der Waals surface area contributed by atoms with Crippen LogP contribution in [0.4, 0.5) is 0 Å². The molecule has 10 heteroatoms. The first-order valence-corrected chi connectivity index (χ1v) is 26.1. The fourth-order valence-corrected chi connectivity index (χ4v) is 20.8. The summed E-state index contributed by atoms with van der Waals surface area (Å²) in [6.45, 7) is 36.5. The molecule has 0 radical (unpaired) electrons. The van der Waals surface area contributed by atoms with Crippen LogP contribution >= 0.6 is 0 Å². The maximum absolute atomic E-state index is 8.19. The van der Waals surface area contributed by atoms with Crippen LogP contribution in [0.1, 0.15) is 170 Å². The molecule has 1 saturated heterocycles. The molecule has 0 amide bonds. The Labute approximate surface area is 297 Å². The molecule has 1 fully saturated rings. The van der Waals surface area contributed by atoms with Crippen molar-refractivity contribution >= 4 is 39.7 Å². The molecule has 0 spiro atoms. The van der Waals surface area contributed by atoms with Crippen LogP contribution < -0.4 is 0 Å². The fourth-order valence-electron chi connectivity index (χ4n) is 4.63. The third kappa shape index (κ3) is 26.6. The van der Waals surface area contributed by atoms with Gasteiger partial charge in [-0.2, -0.15) is 0 Å². The minimum absolute atomic E-state index is 0. The second-order valence-electron chi connectivity index (χ2n) is 15.1. The molecule has 0 saturated carbocycles. The summed E-state index contributed by atoms with van der Waals surface area (Å²) in [6, 6.07) is 0. The van der Waals surface area contributed by atoms with Crippen molar-refractivity contribution in [3.8, 4) is 0 Å². The molecule has 280 valence electrons. The van der Waals surface area contributed by atoms with Crippen LogP contribution in [0.25, 0.3) is 0 Å². The smallest absolute Gasteiger partial charge is 0.414 e. The van der Waals surface area contributed by atoms with Gasteiger partial charge >= 0.3 is 130 Å². The van der Waals surface area contributed by atoms with E-state index in [4.69, 9.17) is 28.7 Å². The Bertz CT molecular complexity index is 587. The Morgan fingerprint density at radius 3 is 1.04 bits per heavy atom. The Morgan fingerprint density at radius 2 is 0.935 bits per heavy atom. The average molecular weight is 767 g/mol. The van der Waals surface area contributed by atoms with Gasteiger partial charge in [0.25, 0.3) is 0 Å². The van der Waals surface area contributed by atoms with E-state index in [1.807, 2.05) is 0 Å². The predicted molar refractivity (Wildman–Crippen MR) is 214 cm³/mol. The number of unbranched alkanes of at least 4 members (excludes halogenated alkanes) is 3. The van der Waals surface area contributed by atoms with Crippen molar-refractivity contribution in [3.63, 3.8) is 0 Å². The average Bonchev–Trinajstić information content (AvgIpc) is 3.17. The van der Waals surface area contributed by atoms with Crippen molar-refractivity contribution in [2.75, 3.05) is 14.2 Å². The topological polar surface area (TPSA) is 77.4 Å². The Balaban J connectivity index is -0.000000165. The monoisotopic (exact) mass is 769 g/mol. The van der Waals surface area contributed by atoms with E-state index in [0.29, 0.717) is 11.6 Å². The van der Waals surface area contributed by atoms with Crippen LogP contribution in [0.5, 0.6) is 0 Å². The molecule has 0 unspecified atom stereocenters. The van der Waals surface area contributed by atoms with Crippen molar-refractivity contribution < 1.29 is 28.7 Å². The molecule has 0 aromatic heterocycles. The van der Waals surface area contributed by atoms with E-state index in [0.717, 1.165) is 3.93 Å². The number of rotatable bonds is 15. The van der Waals surface area contributed by atoms with Gasteiger partial charge in [0.2, 0.25) is 0 Å². The van der Waals surface area contributed by atoms with Crippen molar-refractivity contribution in [1.29, 1.82) is 0 Å². The summed E-state index contributed by atoms with van der Waals surface area (Å²) in [6.07, 6.45) is 10.0. The van der Waals surface area contributed by atoms with E-state index in [9.17, 15) is 0 Å². The summed E-state index contributed by atoms with van der Waals surface area (Å²) in [5.74, 6) is 0.820. The third-order valence-electron chi connectivity index (χ3n) is 8.73. The molecule has 0 bridgehead atoms. The van der Waals surface area contributed by atoms with E-state index in [1.165, 1.54) is 44.9 Å². The molecule has 0 aromatic rings. The first-order chi connectivity index (χ1) is 20.7. The van der Waals surface area contributed by atoms with Gasteiger partial charge < -0.3 is 28.7 Å². The number of hydrogen-bond donors (Lipinski definition) is 2. The molecule has 1 aliphatic heterocycles. The SMILES string of the molecule is C.CC(C)B(O)O.CC(C)B1OC(C)(C)C(C)(C)O1.CCC.CCC[CH2][Sn]([CH2]CCC)([CH2]CCC)[CH](C)C.COB(OC)C(C)C. The molecule has 1 rings (SSSR count). The van der Waals surface area contributed by atoms with Gasteiger partial charge in [-0.25, -0.2) is 0 Å². The summed E-state index contributed by atoms with van der Waals surface area (Å²) in [7, 11) is 2.05. The normalized spacial score (nSPS) is 14.7. The zero-order valence-corrected chi connectivity index (χ0v) is 37.0. The van der Waals surface area contributed by atoms with E-state index >= 15 is 0 Å². The molecule has 0 atom stereocenters. The molecule has 0 aliphatic carbocycles. The second kappa shape index (κ2) is 31.7. The van der Waals surface area contributed by atoms with Crippen LogP contribution in [0.15, 0.2) is 0 Å². The zero-order valence-electron chi connectivity index (χ0n) is 34.1. The van der Waals surface area contributed by atoms with Crippen LogP contribution in [-0.2, 0) is 18.6 Å². The molecular weight excluding hydrogens is 680 g/mol. The van der Waals surface area contributed by atoms with E-state index < -0.39 is 25.5 Å². The van der Waals surface area contributed by atoms with Gasteiger partial charge in [-0.3, -0.25) is 0 Å². The molecule has 6 nitrogen and oxygen atoms in total. The standard InChI is InChI=1S/C9H19BO2.C5H13BO2.3C4H9.C3H9BO2.C3H8.C3H7.CH4.Sn/c1-7(2)10-11-8(3,4)9(5,6)12-10;1-5(2)6(7-3)8-4;3*1-3-4-2;1-3(2)4(5)6;2*1-3-2;;/h7H,1-6H3;5H,1-4H3;3*1,3-4H2,2H3;3,5-6H,1-2H3;3H2,1-2H3;3H,1-2H3;1H4;. The van der Waals surface area contributed by atoms with Crippen molar-refractivity contribution in [1.82, 2.24) is 0 Å². The minimum Gasteiger partial charge on any atom is -0.414 e. The summed E-state index contributed by atoms with van der Waals surface area (Å²) >= 11 is -1.75. The largest absolute Gasteiger partial charge is 0.459 e. The quantitative estimate of drug-likeness (QED) is 0.162. The van der Waals surface area contributed by atoms with Crippen molar-refractivity contribution in [2.24, 2.45) is 0 Å². The molecule has 2 N–H and O–H groups in total. The van der Waals surface area contributed by atoms with Crippen LogP contribution in [-0.4, -0.2) is 75.2 Å².